The Kier molecular flexibility index (Phi) is 5.53. The molecular weight excluding hydrogens is 368 g/mol. The normalized spacial score (nSPS) is 10.8. The van der Waals surface area contributed by atoms with E-state index in [2.05, 4.69) is 15.3 Å². The standard InChI is InChI=1S/C18H14N4O4S/c19-17(25)12-7-8-27-18(12)22-15(23)10-26-16(24)6-5-11-9-20-13-3-1-2-4-14(13)21-11/h1-9H,10H2,(H2,19,25)(H,22,23)/b6-5+. The van der Waals surface area contributed by atoms with E-state index in [0.717, 1.165) is 22.9 Å². The first-order chi connectivity index (χ1) is 13.0. The van der Waals surface area contributed by atoms with Crippen molar-refractivity contribution in [3.8, 4) is 0 Å². The Morgan fingerprint density at radius 2 is 1.96 bits per heavy atom. The lowest BCUT2D eigenvalue weighted by molar-refractivity contribution is -0.142. The summed E-state index contributed by atoms with van der Waals surface area (Å²) in [5, 5.41) is 4.41. The van der Waals surface area contributed by atoms with Gasteiger partial charge in [-0.3, -0.25) is 14.6 Å². The number of ether oxygens (including phenoxy) is 1. The number of esters is 1. The highest BCUT2D eigenvalue weighted by Crippen LogP contribution is 2.22. The lowest BCUT2D eigenvalue weighted by atomic mass is 10.3. The number of carbonyl (C=O) groups is 3. The number of hydrogen-bond donors (Lipinski definition) is 2. The number of para-hydroxylation sites is 2. The van der Waals surface area contributed by atoms with Crippen molar-refractivity contribution in [1.82, 2.24) is 9.97 Å². The molecule has 0 aliphatic carbocycles. The molecule has 1 aromatic carbocycles. The Hall–Kier alpha value is -3.59. The van der Waals surface area contributed by atoms with Gasteiger partial charge in [0, 0.05) is 6.08 Å². The van der Waals surface area contributed by atoms with Crippen LogP contribution in [0.4, 0.5) is 5.00 Å². The van der Waals surface area contributed by atoms with Crippen LogP contribution >= 0.6 is 11.3 Å². The van der Waals surface area contributed by atoms with E-state index in [4.69, 9.17) is 10.5 Å². The van der Waals surface area contributed by atoms with Gasteiger partial charge in [0.1, 0.15) is 5.00 Å². The molecule has 0 unspecified atom stereocenters. The summed E-state index contributed by atoms with van der Waals surface area (Å²) in [6.45, 7) is -0.497. The number of thiophene rings is 1. The van der Waals surface area contributed by atoms with E-state index in [1.807, 2.05) is 24.3 Å². The SMILES string of the molecule is NC(=O)c1ccsc1NC(=O)COC(=O)/C=C/c1cnc2ccccc2n1. The van der Waals surface area contributed by atoms with Crippen LogP contribution in [0.3, 0.4) is 0 Å². The minimum absolute atomic E-state index is 0.203. The third-order valence-corrected chi connectivity index (χ3v) is 4.22. The molecule has 0 aliphatic heterocycles. The highest BCUT2D eigenvalue weighted by molar-refractivity contribution is 7.14. The Bertz CT molecular complexity index is 1040. The van der Waals surface area contributed by atoms with Gasteiger partial charge in [-0.15, -0.1) is 11.3 Å². The molecule has 2 heterocycles. The van der Waals surface area contributed by atoms with Gasteiger partial charge in [0.15, 0.2) is 6.61 Å². The first-order valence-corrected chi connectivity index (χ1v) is 8.64. The molecule has 8 nitrogen and oxygen atoms in total. The number of aromatic nitrogens is 2. The molecule has 0 saturated carbocycles. The Morgan fingerprint density at radius 3 is 2.74 bits per heavy atom. The lowest BCUT2D eigenvalue weighted by Gasteiger charge is -2.04. The van der Waals surface area contributed by atoms with E-state index in [1.54, 1.807) is 5.38 Å². The van der Waals surface area contributed by atoms with E-state index in [0.29, 0.717) is 16.2 Å². The maximum absolute atomic E-state index is 11.8. The summed E-state index contributed by atoms with van der Waals surface area (Å²) in [5.74, 6) is -1.93. The second kappa shape index (κ2) is 8.19. The second-order valence-corrected chi connectivity index (χ2v) is 6.22. The summed E-state index contributed by atoms with van der Waals surface area (Å²) in [4.78, 5) is 43.4. The van der Waals surface area contributed by atoms with Gasteiger partial charge in [-0.1, -0.05) is 12.1 Å². The van der Waals surface area contributed by atoms with Crippen LogP contribution in [0.15, 0.2) is 48.0 Å². The van der Waals surface area contributed by atoms with Gasteiger partial charge in [-0.2, -0.15) is 0 Å². The zero-order chi connectivity index (χ0) is 19.2. The fourth-order valence-electron chi connectivity index (χ4n) is 2.15. The number of nitrogens with zero attached hydrogens (tertiary/aromatic N) is 2. The Labute approximate surface area is 157 Å². The summed E-state index contributed by atoms with van der Waals surface area (Å²) in [7, 11) is 0. The van der Waals surface area contributed by atoms with E-state index < -0.39 is 24.4 Å². The number of hydrogen-bond acceptors (Lipinski definition) is 7. The molecule has 0 bridgehead atoms. The molecule has 0 aliphatic rings. The van der Waals surface area contributed by atoms with Crippen molar-refractivity contribution in [2.45, 2.75) is 0 Å². The lowest BCUT2D eigenvalue weighted by Crippen LogP contribution is -2.21. The van der Waals surface area contributed by atoms with Crippen molar-refractivity contribution in [3.05, 3.63) is 59.2 Å². The van der Waals surface area contributed by atoms with Gasteiger partial charge in [0.2, 0.25) is 0 Å². The third-order valence-electron chi connectivity index (χ3n) is 3.39. The number of rotatable bonds is 6. The highest BCUT2D eigenvalue weighted by Gasteiger charge is 2.13. The van der Waals surface area contributed by atoms with E-state index in [-0.39, 0.29) is 5.56 Å². The summed E-state index contributed by atoms with van der Waals surface area (Å²) in [6.07, 6.45) is 4.14. The Balaban J connectivity index is 1.54. The molecule has 27 heavy (non-hydrogen) atoms. The maximum Gasteiger partial charge on any atom is 0.331 e. The molecule has 2 amide bonds. The monoisotopic (exact) mass is 382 g/mol. The number of primary amides is 1. The van der Waals surface area contributed by atoms with Gasteiger partial charge < -0.3 is 15.8 Å². The van der Waals surface area contributed by atoms with Crippen LogP contribution in [0.25, 0.3) is 17.1 Å². The molecule has 2 aromatic heterocycles. The van der Waals surface area contributed by atoms with Crippen LogP contribution in [0.1, 0.15) is 16.1 Å². The number of amides is 2. The zero-order valence-electron chi connectivity index (χ0n) is 13.9. The largest absolute Gasteiger partial charge is 0.452 e. The molecule has 0 fully saturated rings. The topological polar surface area (TPSA) is 124 Å². The van der Waals surface area contributed by atoms with Crippen LogP contribution in [0, 0.1) is 0 Å². The van der Waals surface area contributed by atoms with Crippen molar-refractivity contribution in [3.63, 3.8) is 0 Å². The first-order valence-electron chi connectivity index (χ1n) is 7.76. The summed E-state index contributed by atoms with van der Waals surface area (Å²) >= 11 is 1.15. The molecule has 3 rings (SSSR count). The van der Waals surface area contributed by atoms with Crippen LogP contribution < -0.4 is 11.1 Å². The van der Waals surface area contributed by atoms with Gasteiger partial charge in [-0.25, -0.2) is 9.78 Å². The number of nitrogens with two attached hydrogens (primary N) is 1. The smallest absolute Gasteiger partial charge is 0.331 e. The van der Waals surface area contributed by atoms with E-state index in [9.17, 15) is 14.4 Å². The molecule has 9 heteroatoms. The number of carbonyl (C=O) groups excluding carboxylic acids is 3. The summed E-state index contributed by atoms with van der Waals surface area (Å²) < 4.78 is 4.86. The molecule has 3 aromatic rings. The van der Waals surface area contributed by atoms with Crippen LogP contribution in [0.5, 0.6) is 0 Å². The fraction of sp³-hybridized carbons (Fsp3) is 0.0556. The third kappa shape index (κ3) is 4.73. The average molecular weight is 382 g/mol. The van der Waals surface area contributed by atoms with E-state index in [1.165, 1.54) is 18.3 Å². The van der Waals surface area contributed by atoms with Crippen molar-refractivity contribution in [1.29, 1.82) is 0 Å². The zero-order valence-corrected chi connectivity index (χ0v) is 14.7. The minimum Gasteiger partial charge on any atom is -0.452 e. The fourth-order valence-corrected chi connectivity index (χ4v) is 2.96. The van der Waals surface area contributed by atoms with Gasteiger partial charge in [-0.05, 0) is 29.7 Å². The summed E-state index contributed by atoms with van der Waals surface area (Å²) in [5.41, 5.74) is 7.34. The molecule has 3 N–H and O–H groups in total. The number of fused-ring (bicyclic) bond motifs is 1. The number of anilines is 1. The number of benzene rings is 1. The molecule has 0 spiro atoms. The van der Waals surface area contributed by atoms with Crippen LogP contribution in [-0.2, 0) is 14.3 Å². The van der Waals surface area contributed by atoms with Gasteiger partial charge in [0.25, 0.3) is 11.8 Å². The quantitative estimate of drug-likeness (QED) is 0.496. The predicted octanol–water partition coefficient (Wildman–Crippen LogP) is 1.99. The van der Waals surface area contributed by atoms with E-state index >= 15 is 0 Å². The Morgan fingerprint density at radius 1 is 1.19 bits per heavy atom. The minimum atomic E-state index is -0.707. The molecule has 0 atom stereocenters. The molecule has 136 valence electrons. The predicted molar refractivity (Wildman–Crippen MR) is 101 cm³/mol. The maximum atomic E-state index is 11.8. The molecule has 0 saturated heterocycles. The van der Waals surface area contributed by atoms with Crippen molar-refractivity contribution < 1.29 is 19.1 Å². The second-order valence-electron chi connectivity index (χ2n) is 5.30. The van der Waals surface area contributed by atoms with Crippen molar-refractivity contribution in [2.24, 2.45) is 5.73 Å². The van der Waals surface area contributed by atoms with Crippen LogP contribution in [-0.4, -0.2) is 34.4 Å². The number of nitrogens with one attached hydrogen (secondary N) is 1. The van der Waals surface area contributed by atoms with Crippen molar-refractivity contribution >= 4 is 51.2 Å². The van der Waals surface area contributed by atoms with Crippen molar-refractivity contribution in [2.75, 3.05) is 11.9 Å². The highest BCUT2D eigenvalue weighted by atomic mass is 32.1. The first kappa shape index (κ1) is 18.2. The van der Waals surface area contributed by atoms with Crippen LogP contribution in [0.2, 0.25) is 0 Å². The molecule has 0 radical (unpaired) electrons. The average Bonchev–Trinajstić information content (AvgIpc) is 3.13. The van der Waals surface area contributed by atoms with Gasteiger partial charge in [0.05, 0.1) is 28.5 Å². The molecular formula is C18H14N4O4S. The van der Waals surface area contributed by atoms with Gasteiger partial charge >= 0.3 is 5.97 Å². The summed E-state index contributed by atoms with van der Waals surface area (Å²) in [6, 6.07) is 8.85.